The molecule has 278 valence electrons. The summed E-state index contributed by atoms with van der Waals surface area (Å²) in [5.41, 5.74) is 5.69. The highest BCUT2D eigenvalue weighted by Gasteiger charge is 2.06. The van der Waals surface area contributed by atoms with Crippen molar-refractivity contribution >= 4 is 0 Å². The van der Waals surface area contributed by atoms with Gasteiger partial charge in [-0.05, 0) is 36.3 Å². The summed E-state index contributed by atoms with van der Waals surface area (Å²) < 4.78 is 0. The van der Waals surface area contributed by atoms with Gasteiger partial charge in [0.2, 0.25) is 0 Å². The Hall–Kier alpha value is -2.34. The summed E-state index contributed by atoms with van der Waals surface area (Å²) >= 11 is 0. The summed E-state index contributed by atoms with van der Waals surface area (Å²) in [6.07, 6.45) is 18.3. The van der Waals surface area contributed by atoms with Crippen LogP contribution in [0.1, 0.15) is 185 Å². The molecule has 0 heteroatoms. The number of rotatable bonds is 6. The van der Waals surface area contributed by atoms with Crippen LogP contribution in [-0.2, 0) is 0 Å². The first kappa shape index (κ1) is 52.5. The van der Waals surface area contributed by atoms with Crippen molar-refractivity contribution in [1.29, 1.82) is 0 Å². The van der Waals surface area contributed by atoms with Crippen LogP contribution in [0.4, 0.5) is 0 Å². The summed E-state index contributed by atoms with van der Waals surface area (Å²) in [5.74, 6) is 1.04. The van der Waals surface area contributed by atoms with E-state index in [-0.39, 0.29) is 0 Å². The van der Waals surface area contributed by atoms with Crippen LogP contribution in [0.2, 0.25) is 0 Å². The van der Waals surface area contributed by atoms with Gasteiger partial charge in [0, 0.05) is 0 Å². The molecule has 0 amide bonds. The highest BCUT2D eigenvalue weighted by molar-refractivity contribution is 5.63. The molecule has 1 aliphatic carbocycles. The van der Waals surface area contributed by atoms with E-state index in [2.05, 4.69) is 151 Å². The molecular formula is C48H86. The van der Waals surface area contributed by atoms with E-state index < -0.39 is 0 Å². The summed E-state index contributed by atoms with van der Waals surface area (Å²) in [6, 6.07) is 29.3. The average Bonchev–Trinajstić information content (AvgIpc) is 3.08. The van der Waals surface area contributed by atoms with Gasteiger partial charge in [-0.1, -0.05) is 270 Å². The number of hydrogen-bond donors (Lipinski definition) is 0. The maximum Gasteiger partial charge on any atom is -0.0184 e. The molecule has 0 spiro atoms. The molecule has 0 nitrogen and oxygen atoms in total. The third-order valence-corrected chi connectivity index (χ3v) is 6.70. The molecule has 0 atom stereocenters. The molecule has 0 aliphatic heterocycles. The minimum absolute atomic E-state index is 0.500. The Bertz CT molecular complexity index is 913. The van der Waals surface area contributed by atoms with Gasteiger partial charge in [0.05, 0.1) is 0 Å². The van der Waals surface area contributed by atoms with Gasteiger partial charge in [-0.15, -0.1) is 0 Å². The first-order valence-electron chi connectivity index (χ1n) is 20.0. The molecule has 0 N–H and O–H groups in total. The maximum atomic E-state index is 2.36. The average molecular weight is 663 g/mol. The zero-order valence-corrected chi connectivity index (χ0v) is 35.4. The third-order valence-electron chi connectivity index (χ3n) is 6.70. The van der Waals surface area contributed by atoms with Crippen molar-refractivity contribution in [2.24, 2.45) is 11.3 Å². The van der Waals surface area contributed by atoms with Crippen LogP contribution in [0.25, 0.3) is 11.1 Å². The quantitative estimate of drug-likeness (QED) is 0.230. The van der Waals surface area contributed by atoms with Crippen LogP contribution in [0.15, 0.2) is 84.9 Å². The van der Waals surface area contributed by atoms with Crippen molar-refractivity contribution < 1.29 is 0 Å². The highest BCUT2D eigenvalue weighted by atomic mass is 14.1. The molecule has 1 saturated carbocycles. The fraction of sp³-hybridized carbons (Fsp3) is 0.625. The third kappa shape index (κ3) is 48.1. The van der Waals surface area contributed by atoms with Crippen molar-refractivity contribution in [2.45, 2.75) is 187 Å². The maximum absolute atomic E-state index is 2.36. The smallest absolute Gasteiger partial charge is 0.0184 e. The molecule has 3 aromatic carbocycles. The first-order chi connectivity index (χ1) is 22.9. The van der Waals surface area contributed by atoms with Crippen LogP contribution in [0.5, 0.6) is 0 Å². The van der Waals surface area contributed by atoms with Crippen LogP contribution >= 0.6 is 0 Å². The first-order valence-corrected chi connectivity index (χ1v) is 20.0. The second kappa shape index (κ2) is 40.8. The Labute approximate surface area is 305 Å². The van der Waals surface area contributed by atoms with E-state index in [9.17, 15) is 0 Å². The normalized spacial score (nSPS) is 11.4. The Morgan fingerprint density at radius 1 is 0.479 bits per heavy atom. The topological polar surface area (TPSA) is 0 Å². The van der Waals surface area contributed by atoms with Crippen LogP contribution in [-0.4, -0.2) is 0 Å². The van der Waals surface area contributed by atoms with Gasteiger partial charge in [0.15, 0.2) is 0 Å². The predicted molar refractivity (Wildman–Crippen MR) is 227 cm³/mol. The molecule has 0 radical (unpaired) electrons. The lowest BCUT2D eigenvalue weighted by molar-refractivity contribution is 0.385. The van der Waals surface area contributed by atoms with Crippen molar-refractivity contribution in [2.75, 3.05) is 0 Å². The lowest BCUT2D eigenvalue weighted by Gasteiger charge is -2.15. The lowest BCUT2D eigenvalue weighted by atomic mass is 9.91. The Morgan fingerprint density at radius 3 is 1.08 bits per heavy atom. The van der Waals surface area contributed by atoms with Crippen LogP contribution in [0.3, 0.4) is 0 Å². The van der Waals surface area contributed by atoms with Gasteiger partial charge in [0.1, 0.15) is 0 Å². The minimum Gasteiger partial charge on any atom is -0.0683 e. The van der Waals surface area contributed by atoms with Gasteiger partial charge in [-0.3, -0.25) is 0 Å². The van der Waals surface area contributed by atoms with Crippen molar-refractivity contribution in [3.8, 4) is 11.1 Å². The number of unbranched alkanes of at least 4 members (excludes halogenated alkanes) is 5. The standard InChI is InChI=1S/C13H12.C7H14.C7H8.C7H16.C5H12.C4H10.C3H8.C2H6/c1-11-7-9-13(10-8-11)12-5-3-2-4-6-12;2*1-7-5-3-2-4-6-7;1-3-5-7-6-4-2;1-5(2,3)4;1-3-4-2;1-3-2;1-2/h2-10H,1H3;7H,2-6H2,1H3;2-6H,1H3;3-7H2,1-2H3;1-4H3;3-4H2,1-2H3;3H2,1-2H3;1-2H3. The summed E-state index contributed by atoms with van der Waals surface area (Å²) in [5, 5.41) is 0. The Morgan fingerprint density at radius 2 is 0.812 bits per heavy atom. The van der Waals surface area contributed by atoms with Gasteiger partial charge in [0.25, 0.3) is 0 Å². The Kier molecular flexibility index (Phi) is 44.6. The lowest BCUT2D eigenvalue weighted by Crippen LogP contribution is -1.99. The predicted octanol–water partition coefficient (Wildman–Crippen LogP) is 17.5. The summed E-state index contributed by atoms with van der Waals surface area (Å²) in [6.45, 7) is 32.4. The second-order valence-electron chi connectivity index (χ2n) is 14.4. The minimum atomic E-state index is 0.500. The molecule has 1 aliphatic rings. The number of hydrogen-bond acceptors (Lipinski definition) is 0. The molecule has 48 heavy (non-hydrogen) atoms. The summed E-state index contributed by atoms with van der Waals surface area (Å²) in [4.78, 5) is 0. The molecule has 0 heterocycles. The zero-order chi connectivity index (χ0) is 37.5. The van der Waals surface area contributed by atoms with Crippen LogP contribution in [0, 0.1) is 25.2 Å². The fourth-order valence-corrected chi connectivity index (χ4v) is 3.89. The zero-order valence-electron chi connectivity index (χ0n) is 35.4. The molecule has 0 aromatic heterocycles. The highest BCUT2D eigenvalue weighted by Crippen LogP contribution is 2.22. The van der Waals surface area contributed by atoms with Gasteiger partial charge < -0.3 is 0 Å². The van der Waals surface area contributed by atoms with Crippen molar-refractivity contribution in [3.05, 3.63) is 96.1 Å². The molecule has 3 aromatic rings. The van der Waals surface area contributed by atoms with Gasteiger partial charge in [-0.25, -0.2) is 0 Å². The van der Waals surface area contributed by atoms with E-state index in [1.165, 1.54) is 106 Å². The largest absolute Gasteiger partial charge is 0.0683 e. The molecule has 4 rings (SSSR count). The molecule has 0 unspecified atom stereocenters. The molecule has 1 fully saturated rings. The second-order valence-corrected chi connectivity index (χ2v) is 14.4. The van der Waals surface area contributed by atoms with Crippen LogP contribution < -0.4 is 0 Å². The van der Waals surface area contributed by atoms with E-state index in [0.29, 0.717) is 5.41 Å². The number of benzene rings is 3. The van der Waals surface area contributed by atoms with E-state index in [4.69, 9.17) is 0 Å². The van der Waals surface area contributed by atoms with Crippen molar-refractivity contribution in [3.63, 3.8) is 0 Å². The van der Waals surface area contributed by atoms with E-state index in [1.807, 2.05) is 38.1 Å². The molecular weight excluding hydrogens is 577 g/mol. The Balaban J connectivity index is -0.000000245. The van der Waals surface area contributed by atoms with E-state index in [0.717, 1.165) is 5.92 Å². The van der Waals surface area contributed by atoms with Crippen molar-refractivity contribution in [1.82, 2.24) is 0 Å². The number of aryl methyl sites for hydroxylation is 2. The molecule has 0 bridgehead atoms. The SMILES string of the molecule is CC.CC(C)(C)C.CC1CCCCC1.CCC.CCCC.CCCCCCC.Cc1ccc(-c2ccccc2)cc1.Cc1ccccc1. The van der Waals surface area contributed by atoms with Gasteiger partial charge >= 0.3 is 0 Å². The summed E-state index contributed by atoms with van der Waals surface area (Å²) in [7, 11) is 0. The molecule has 0 saturated heterocycles. The monoisotopic (exact) mass is 663 g/mol. The fourth-order valence-electron chi connectivity index (χ4n) is 3.89. The van der Waals surface area contributed by atoms with E-state index in [1.54, 1.807) is 0 Å². The van der Waals surface area contributed by atoms with E-state index >= 15 is 0 Å². The van der Waals surface area contributed by atoms with Gasteiger partial charge in [-0.2, -0.15) is 0 Å².